The van der Waals surface area contributed by atoms with Gasteiger partial charge in [0.15, 0.2) is 5.96 Å². The first-order valence-electron chi connectivity index (χ1n) is 12.8. The zero-order valence-electron chi connectivity index (χ0n) is 21.2. The van der Waals surface area contributed by atoms with Crippen LogP contribution in [0.25, 0.3) is 0 Å². The maximum Gasteiger partial charge on any atom is 0.257 e. The number of guanidine groups is 1. The maximum atomic E-state index is 13.7. The number of benzene rings is 2. The highest BCUT2D eigenvalue weighted by atomic mass is 16.2. The maximum absolute atomic E-state index is 13.7. The predicted octanol–water partition coefficient (Wildman–Crippen LogP) is 4.41. The summed E-state index contributed by atoms with van der Waals surface area (Å²) in [4.78, 5) is 34.9. The highest BCUT2D eigenvalue weighted by Gasteiger charge is 2.44. The molecule has 2 aromatic rings. The van der Waals surface area contributed by atoms with Gasteiger partial charge in [-0.2, -0.15) is 0 Å². The number of piperidine rings is 1. The van der Waals surface area contributed by atoms with Gasteiger partial charge in [-0.3, -0.25) is 14.5 Å². The lowest BCUT2D eigenvalue weighted by atomic mass is 9.87. The number of amides is 2. The number of aliphatic imine (C=N–C) groups is 1. The molecule has 0 spiro atoms. The van der Waals surface area contributed by atoms with Gasteiger partial charge in [0.2, 0.25) is 5.91 Å². The molecule has 0 saturated carbocycles. The quantitative estimate of drug-likeness (QED) is 0.616. The molecule has 2 aromatic carbocycles. The van der Waals surface area contributed by atoms with E-state index in [9.17, 15) is 9.59 Å². The third-order valence-electron chi connectivity index (χ3n) is 7.35. The lowest BCUT2D eigenvalue weighted by Gasteiger charge is -2.35. The van der Waals surface area contributed by atoms with Crippen LogP contribution in [0.5, 0.6) is 0 Å². The van der Waals surface area contributed by atoms with Crippen molar-refractivity contribution in [3.05, 3.63) is 71.8 Å². The summed E-state index contributed by atoms with van der Waals surface area (Å²) in [5.41, 5.74) is 7.46. The third-order valence-corrected chi connectivity index (χ3v) is 7.35. The zero-order valence-corrected chi connectivity index (χ0v) is 21.2. The molecule has 0 aliphatic carbocycles. The molecular weight excluding hydrogens is 436 g/mol. The van der Waals surface area contributed by atoms with Crippen LogP contribution in [0.3, 0.4) is 0 Å². The zero-order chi connectivity index (χ0) is 25.0. The molecule has 0 aromatic heterocycles. The second kappa shape index (κ2) is 10.6. The smallest absolute Gasteiger partial charge is 0.257 e. The van der Waals surface area contributed by atoms with Crippen molar-refractivity contribution in [1.29, 1.82) is 0 Å². The Bertz CT molecular complexity index is 1010. The average Bonchev–Trinajstić information content (AvgIpc) is 3.06. The molecule has 1 atom stereocenters. The van der Waals surface area contributed by atoms with Crippen molar-refractivity contribution in [2.75, 3.05) is 19.6 Å². The van der Waals surface area contributed by atoms with Gasteiger partial charge in [-0.25, -0.2) is 4.99 Å². The second-order valence-corrected chi connectivity index (χ2v) is 10.6. The number of nitrogens with two attached hydrogens (primary N) is 1. The van der Waals surface area contributed by atoms with Crippen LogP contribution in [0.4, 0.5) is 0 Å². The highest BCUT2D eigenvalue weighted by molar-refractivity contribution is 6.06. The Morgan fingerprint density at radius 2 is 1.57 bits per heavy atom. The van der Waals surface area contributed by atoms with Gasteiger partial charge in [0.1, 0.15) is 5.54 Å². The Morgan fingerprint density at radius 1 is 1.03 bits per heavy atom. The number of likely N-dealkylation sites (tertiary alicyclic amines) is 1. The minimum absolute atomic E-state index is 0.0184. The largest absolute Gasteiger partial charge is 0.369 e. The van der Waals surface area contributed by atoms with Crippen molar-refractivity contribution >= 4 is 17.8 Å². The topological polar surface area (TPSA) is 79.0 Å². The van der Waals surface area contributed by atoms with Crippen molar-refractivity contribution in [3.63, 3.8) is 0 Å². The van der Waals surface area contributed by atoms with Gasteiger partial charge in [0.25, 0.3) is 5.91 Å². The standard InChI is InChI=1S/C29H38N4O2/c1-21(2)20-29(3)27(35)33(28(30)31-29)19-16-22-14-17-32(18-15-22)26(34)25(23-10-6-4-7-11-23)24-12-8-5-9-13-24/h4-13,21-22,25H,14-20H2,1-3H3,(H2,30,31). The molecule has 6 heteroatoms. The summed E-state index contributed by atoms with van der Waals surface area (Å²) in [6.45, 7) is 8.16. The van der Waals surface area contributed by atoms with Crippen LogP contribution in [0.1, 0.15) is 63.5 Å². The van der Waals surface area contributed by atoms with E-state index in [1.165, 1.54) is 0 Å². The summed E-state index contributed by atoms with van der Waals surface area (Å²) in [6.07, 6.45) is 3.45. The normalized spacial score (nSPS) is 21.2. The minimum Gasteiger partial charge on any atom is -0.369 e. The second-order valence-electron chi connectivity index (χ2n) is 10.6. The van der Waals surface area contributed by atoms with Crippen LogP contribution in [0.2, 0.25) is 0 Å². The summed E-state index contributed by atoms with van der Waals surface area (Å²) in [5, 5.41) is 0. The van der Waals surface area contributed by atoms with E-state index < -0.39 is 5.54 Å². The van der Waals surface area contributed by atoms with Gasteiger partial charge < -0.3 is 10.6 Å². The number of nitrogens with zero attached hydrogens (tertiary/aromatic N) is 3. The first-order chi connectivity index (χ1) is 16.8. The Balaban J connectivity index is 1.35. The molecule has 4 rings (SSSR count). The van der Waals surface area contributed by atoms with Gasteiger partial charge in [-0.1, -0.05) is 74.5 Å². The van der Waals surface area contributed by atoms with Gasteiger partial charge >= 0.3 is 0 Å². The minimum atomic E-state index is -0.738. The molecule has 0 bridgehead atoms. The lowest BCUT2D eigenvalue weighted by Crippen LogP contribution is -2.45. The van der Waals surface area contributed by atoms with Gasteiger partial charge in [-0.15, -0.1) is 0 Å². The fourth-order valence-corrected chi connectivity index (χ4v) is 5.60. The Morgan fingerprint density at radius 3 is 2.09 bits per heavy atom. The van der Waals surface area contributed by atoms with E-state index in [0.29, 0.717) is 30.8 Å². The fourth-order valence-electron chi connectivity index (χ4n) is 5.60. The van der Waals surface area contributed by atoms with E-state index in [0.717, 1.165) is 43.5 Å². The number of hydrogen-bond donors (Lipinski definition) is 1. The number of rotatable bonds is 8. The van der Waals surface area contributed by atoms with Crippen LogP contribution in [-0.2, 0) is 9.59 Å². The monoisotopic (exact) mass is 474 g/mol. The number of carbonyl (C=O) groups excluding carboxylic acids is 2. The van der Waals surface area contributed by atoms with E-state index in [-0.39, 0.29) is 17.7 Å². The molecule has 2 aliphatic heterocycles. The first-order valence-corrected chi connectivity index (χ1v) is 12.8. The summed E-state index contributed by atoms with van der Waals surface area (Å²) in [7, 11) is 0. The van der Waals surface area contributed by atoms with Crippen molar-refractivity contribution in [2.45, 2.75) is 57.9 Å². The SMILES string of the molecule is CC(C)CC1(C)N=C(N)N(CCC2CCN(C(=O)C(c3ccccc3)c3ccccc3)CC2)C1=O. The van der Waals surface area contributed by atoms with E-state index in [1.807, 2.05) is 72.5 Å². The Kier molecular flexibility index (Phi) is 7.58. The van der Waals surface area contributed by atoms with Crippen molar-refractivity contribution in [3.8, 4) is 0 Å². The van der Waals surface area contributed by atoms with Crippen LogP contribution < -0.4 is 5.73 Å². The lowest BCUT2D eigenvalue weighted by molar-refractivity contribution is -0.133. The molecule has 2 N–H and O–H groups in total. The van der Waals surface area contributed by atoms with Crippen molar-refractivity contribution < 1.29 is 9.59 Å². The Hall–Kier alpha value is -3.15. The van der Waals surface area contributed by atoms with E-state index in [1.54, 1.807) is 4.90 Å². The van der Waals surface area contributed by atoms with Crippen LogP contribution in [0, 0.1) is 11.8 Å². The summed E-state index contributed by atoms with van der Waals surface area (Å²) >= 11 is 0. The average molecular weight is 475 g/mol. The van der Waals surface area contributed by atoms with Gasteiger partial charge in [0, 0.05) is 19.6 Å². The predicted molar refractivity (Wildman–Crippen MR) is 140 cm³/mol. The third kappa shape index (κ3) is 5.58. The number of carbonyl (C=O) groups is 2. The van der Waals surface area contributed by atoms with E-state index in [4.69, 9.17) is 5.73 Å². The van der Waals surface area contributed by atoms with Crippen LogP contribution >= 0.6 is 0 Å². The molecule has 1 saturated heterocycles. The molecule has 2 amide bonds. The highest BCUT2D eigenvalue weighted by Crippen LogP contribution is 2.32. The molecule has 1 unspecified atom stereocenters. The van der Waals surface area contributed by atoms with Crippen molar-refractivity contribution in [2.24, 2.45) is 22.6 Å². The van der Waals surface area contributed by atoms with Gasteiger partial charge in [-0.05, 0) is 55.6 Å². The molecule has 35 heavy (non-hydrogen) atoms. The van der Waals surface area contributed by atoms with E-state index >= 15 is 0 Å². The molecular formula is C29H38N4O2. The Labute approximate surface area is 209 Å². The first kappa shape index (κ1) is 25.0. The summed E-state index contributed by atoms with van der Waals surface area (Å²) in [6, 6.07) is 20.1. The molecule has 1 fully saturated rings. The fraction of sp³-hybridized carbons (Fsp3) is 0.483. The van der Waals surface area contributed by atoms with Crippen LogP contribution in [0.15, 0.2) is 65.7 Å². The van der Waals surface area contributed by atoms with Gasteiger partial charge in [0.05, 0.1) is 5.92 Å². The number of hydrogen-bond acceptors (Lipinski definition) is 4. The van der Waals surface area contributed by atoms with Crippen LogP contribution in [-0.4, -0.2) is 52.7 Å². The summed E-state index contributed by atoms with van der Waals surface area (Å²) < 4.78 is 0. The molecule has 2 heterocycles. The summed E-state index contributed by atoms with van der Waals surface area (Å²) in [5.74, 6) is 1.08. The molecule has 0 radical (unpaired) electrons. The van der Waals surface area contributed by atoms with Crippen molar-refractivity contribution in [1.82, 2.24) is 9.80 Å². The molecule has 186 valence electrons. The molecule has 2 aliphatic rings. The molecule has 6 nitrogen and oxygen atoms in total. The van der Waals surface area contributed by atoms with E-state index in [2.05, 4.69) is 18.8 Å².